The first-order valence-corrected chi connectivity index (χ1v) is 8.59. The Morgan fingerprint density at radius 3 is 3.00 bits per heavy atom. The first-order chi connectivity index (χ1) is 12.5. The van der Waals surface area contributed by atoms with E-state index in [1.807, 2.05) is 18.2 Å². The summed E-state index contributed by atoms with van der Waals surface area (Å²) in [6.07, 6.45) is 2.23. The highest BCUT2D eigenvalue weighted by molar-refractivity contribution is 7.22. The van der Waals surface area contributed by atoms with Gasteiger partial charge in [-0.25, -0.2) is 9.97 Å². The number of carboxylic acid groups (broad SMARTS) is 1. The molecule has 0 aliphatic carbocycles. The van der Waals surface area contributed by atoms with Crippen LogP contribution in [-0.4, -0.2) is 45.2 Å². The zero-order valence-electron chi connectivity index (χ0n) is 13.4. The van der Waals surface area contributed by atoms with Crippen LogP contribution in [0.2, 0.25) is 0 Å². The maximum atomic E-state index is 12.0. The van der Waals surface area contributed by atoms with Crippen molar-refractivity contribution >= 4 is 33.4 Å². The molecule has 3 heterocycles. The van der Waals surface area contributed by atoms with Crippen LogP contribution >= 0.6 is 11.3 Å². The number of aromatic hydroxyl groups is 1. The van der Waals surface area contributed by atoms with Gasteiger partial charge in [-0.05, 0) is 23.8 Å². The largest absolute Gasteiger partial charge is 0.504 e. The number of nitrogens with one attached hydrogen (secondary N) is 1. The first-order valence-electron chi connectivity index (χ1n) is 7.77. The van der Waals surface area contributed by atoms with Gasteiger partial charge in [-0.3, -0.25) is 9.59 Å². The van der Waals surface area contributed by atoms with E-state index < -0.39 is 18.4 Å². The SMILES string of the molecule is O=C(O)CNC(=O)c1ncc2nc(-c3ccc4c(c3)CCO4)sc2c1O. The van der Waals surface area contributed by atoms with E-state index in [2.05, 4.69) is 15.3 Å². The summed E-state index contributed by atoms with van der Waals surface area (Å²) < 4.78 is 5.92. The lowest BCUT2D eigenvalue weighted by Gasteiger charge is -2.03. The predicted molar refractivity (Wildman–Crippen MR) is 93.7 cm³/mol. The second-order valence-electron chi connectivity index (χ2n) is 5.69. The van der Waals surface area contributed by atoms with Crippen LogP contribution in [0.15, 0.2) is 24.4 Å². The van der Waals surface area contributed by atoms with Gasteiger partial charge < -0.3 is 20.3 Å². The van der Waals surface area contributed by atoms with E-state index in [-0.39, 0.29) is 11.4 Å². The van der Waals surface area contributed by atoms with Gasteiger partial charge in [-0.2, -0.15) is 0 Å². The molecule has 132 valence electrons. The average molecular weight is 371 g/mol. The Morgan fingerprint density at radius 1 is 1.35 bits per heavy atom. The van der Waals surface area contributed by atoms with Crippen molar-refractivity contribution < 1.29 is 24.5 Å². The molecule has 1 aromatic carbocycles. The highest BCUT2D eigenvalue weighted by Gasteiger charge is 2.20. The molecule has 1 amide bonds. The number of rotatable bonds is 4. The number of carboxylic acids is 1. The molecule has 0 unspecified atom stereocenters. The van der Waals surface area contributed by atoms with Crippen molar-refractivity contribution in [3.63, 3.8) is 0 Å². The molecular weight excluding hydrogens is 358 g/mol. The highest BCUT2D eigenvalue weighted by Crippen LogP contribution is 2.38. The lowest BCUT2D eigenvalue weighted by Crippen LogP contribution is -2.29. The van der Waals surface area contributed by atoms with Crippen molar-refractivity contribution in [3.05, 3.63) is 35.7 Å². The van der Waals surface area contributed by atoms with E-state index in [1.165, 1.54) is 17.5 Å². The summed E-state index contributed by atoms with van der Waals surface area (Å²) in [5.74, 6) is -1.37. The van der Waals surface area contributed by atoms with Crippen LogP contribution in [0.1, 0.15) is 16.1 Å². The van der Waals surface area contributed by atoms with Crippen LogP contribution < -0.4 is 10.1 Å². The molecule has 1 aliphatic heterocycles. The molecule has 4 rings (SSSR count). The standard InChI is InChI=1S/C17H13N3O5S/c21-12(22)7-19-16(24)13-14(23)15-10(6-18-13)20-17(26-15)9-1-2-11-8(5-9)3-4-25-11/h1-2,5-6,23H,3-4,7H2,(H,19,24)(H,21,22). The van der Waals surface area contributed by atoms with E-state index in [4.69, 9.17) is 9.84 Å². The van der Waals surface area contributed by atoms with Crippen molar-refractivity contribution in [1.82, 2.24) is 15.3 Å². The third kappa shape index (κ3) is 2.82. The normalized spacial score (nSPS) is 12.6. The smallest absolute Gasteiger partial charge is 0.322 e. The number of aromatic nitrogens is 2. The molecule has 2 aromatic heterocycles. The van der Waals surface area contributed by atoms with Gasteiger partial charge in [0.15, 0.2) is 11.4 Å². The molecule has 1 aliphatic rings. The van der Waals surface area contributed by atoms with Crippen molar-refractivity contribution in [2.24, 2.45) is 0 Å². The van der Waals surface area contributed by atoms with Gasteiger partial charge in [-0.15, -0.1) is 11.3 Å². The molecular formula is C17H13N3O5S. The first kappa shape index (κ1) is 16.3. The number of aliphatic carboxylic acids is 1. The molecule has 3 aromatic rings. The van der Waals surface area contributed by atoms with Crippen LogP contribution in [0.25, 0.3) is 20.8 Å². The number of pyridine rings is 1. The highest BCUT2D eigenvalue weighted by atomic mass is 32.1. The summed E-state index contributed by atoms with van der Waals surface area (Å²) in [5, 5.41) is 21.9. The van der Waals surface area contributed by atoms with Crippen LogP contribution in [0.3, 0.4) is 0 Å². The molecule has 26 heavy (non-hydrogen) atoms. The summed E-state index contributed by atoms with van der Waals surface area (Å²) >= 11 is 1.24. The number of carbonyl (C=O) groups is 2. The fourth-order valence-electron chi connectivity index (χ4n) is 2.73. The minimum atomic E-state index is -1.18. The molecule has 0 saturated heterocycles. The van der Waals surface area contributed by atoms with Crippen molar-refractivity contribution in [2.45, 2.75) is 6.42 Å². The number of hydrogen-bond donors (Lipinski definition) is 3. The minimum Gasteiger partial charge on any atom is -0.504 e. The predicted octanol–water partition coefficient (Wildman–Crippen LogP) is 1.81. The summed E-state index contributed by atoms with van der Waals surface area (Å²) in [5.41, 5.74) is 2.25. The third-order valence-electron chi connectivity index (χ3n) is 3.96. The molecule has 0 saturated carbocycles. The number of nitrogens with zero attached hydrogens (tertiary/aromatic N) is 2. The zero-order chi connectivity index (χ0) is 18.3. The summed E-state index contributed by atoms with van der Waals surface area (Å²) in [6.45, 7) is 0.112. The van der Waals surface area contributed by atoms with Crippen LogP contribution in [0.5, 0.6) is 11.5 Å². The lowest BCUT2D eigenvalue weighted by atomic mass is 10.1. The van der Waals surface area contributed by atoms with Gasteiger partial charge in [0.1, 0.15) is 27.5 Å². The van der Waals surface area contributed by atoms with E-state index >= 15 is 0 Å². The fourth-order valence-corrected chi connectivity index (χ4v) is 3.71. The van der Waals surface area contributed by atoms with E-state index in [0.29, 0.717) is 21.8 Å². The van der Waals surface area contributed by atoms with Gasteiger partial charge in [0.25, 0.3) is 5.91 Å². The Kier molecular flexibility index (Phi) is 3.92. The lowest BCUT2D eigenvalue weighted by molar-refractivity contribution is -0.135. The van der Waals surface area contributed by atoms with E-state index in [9.17, 15) is 14.7 Å². The number of benzene rings is 1. The van der Waals surface area contributed by atoms with Gasteiger partial charge in [0.2, 0.25) is 0 Å². The van der Waals surface area contributed by atoms with Gasteiger partial charge in [-0.1, -0.05) is 0 Å². The third-order valence-corrected chi connectivity index (χ3v) is 5.09. The Balaban J connectivity index is 1.70. The maximum absolute atomic E-state index is 12.0. The number of carbonyl (C=O) groups excluding carboxylic acids is 1. The van der Waals surface area contributed by atoms with Crippen LogP contribution in [0, 0.1) is 0 Å². The van der Waals surface area contributed by atoms with Crippen molar-refractivity contribution in [3.8, 4) is 22.1 Å². The van der Waals surface area contributed by atoms with Gasteiger partial charge >= 0.3 is 5.97 Å². The van der Waals surface area contributed by atoms with E-state index in [0.717, 1.165) is 23.3 Å². The molecule has 8 nitrogen and oxygen atoms in total. The van der Waals surface area contributed by atoms with Gasteiger partial charge in [0, 0.05) is 12.0 Å². The topological polar surface area (TPSA) is 122 Å². The molecule has 0 spiro atoms. The fraction of sp³-hybridized carbons (Fsp3) is 0.176. The van der Waals surface area contributed by atoms with Crippen molar-refractivity contribution in [2.75, 3.05) is 13.2 Å². The average Bonchev–Trinajstić information content (AvgIpc) is 3.26. The maximum Gasteiger partial charge on any atom is 0.322 e. The number of ether oxygens (including phenoxy) is 1. The number of thiazole rings is 1. The number of fused-ring (bicyclic) bond motifs is 2. The molecule has 3 N–H and O–H groups in total. The summed E-state index contributed by atoms with van der Waals surface area (Å²) in [4.78, 5) is 30.9. The van der Waals surface area contributed by atoms with E-state index in [1.54, 1.807) is 0 Å². The second kappa shape index (κ2) is 6.26. The minimum absolute atomic E-state index is 0.226. The zero-order valence-corrected chi connectivity index (χ0v) is 14.2. The quantitative estimate of drug-likeness (QED) is 0.639. The molecule has 9 heteroatoms. The Labute approximate surface area is 151 Å². The molecule has 0 fully saturated rings. The summed E-state index contributed by atoms with van der Waals surface area (Å²) in [7, 11) is 0. The number of hydrogen-bond acceptors (Lipinski definition) is 7. The summed E-state index contributed by atoms with van der Waals surface area (Å²) in [6, 6.07) is 5.80. The van der Waals surface area contributed by atoms with Crippen LogP contribution in [-0.2, 0) is 11.2 Å². The number of amides is 1. The second-order valence-corrected chi connectivity index (χ2v) is 6.69. The molecule has 0 atom stereocenters. The molecule has 0 bridgehead atoms. The Bertz CT molecular complexity index is 1050. The Hall–Kier alpha value is -3.20. The monoisotopic (exact) mass is 371 g/mol. The Morgan fingerprint density at radius 2 is 2.19 bits per heavy atom. The van der Waals surface area contributed by atoms with Gasteiger partial charge in [0.05, 0.1) is 12.8 Å². The van der Waals surface area contributed by atoms with Crippen LogP contribution in [0.4, 0.5) is 0 Å². The molecule has 0 radical (unpaired) electrons. The van der Waals surface area contributed by atoms with Crippen molar-refractivity contribution in [1.29, 1.82) is 0 Å².